The molecule has 1 saturated heterocycles. The van der Waals surface area contributed by atoms with E-state index in [9.17, 15) is 28.2 Å². The van der Waals surface area contributed by atoms with Crippen LogP contribution in [0.2, 0.25) is 0 Å². The summed E-state index contributed by atoms with van der Waals surface area (Å²) >= 11 is 0. The van der Waals surface area contributed by atoms with Crippen LogP contribution in [0.1, 0.15) is 133 Å². The predicted octanol–water partition coefficient (Wildman–Crippen LogP) is 7.12. The molecule has 10 heteroatoms. The maximum absolute atomic E-state index is 13.6. The Kier molecular flexibility index (Phi) is 10.4. The molecule has 312 valence electrons. The number of fused-ring (bicyclic) bond motifs is 7. The Bertz CT molecular complexity index is 1640. The van der Waals surface area contributed by atoms with Crippen LogP contribution in [0, 0.1) is 68.5 Å². The van der Waals surface area contributed by atoms with Gasteiger partial charge in [-0.05, 0) is 136 Å². The Morgan fingerprint density at radius 2 is 1.53 bits per heavy atom. The van der Waals surface area contributed by atoms with Gasteiger partial charge in [-0.15, -0.1) is 0 Å². The molecule has 7 rings (SSSR count). The lowest BCUT2D eigenvalue weighted by atomic mass is 9.32. The first-order valence-electron chi connectivity index (χ1n) is 21.9. The first kappa shape index (κ1) is 41.7. The number of nitrogens with one attached hydrogen (secondary N) is 1. The third-order valence-electron chi connectivity index (χ3n) is 19.2. The molecule has 0 radical (unpaired) electrons. The molecular formula is C45H74N2O7S. The number of aliphatic hydroxyl groups is 1. The van der Waals surface area contributed by atoms with Crippen LogP contribution in [-0.4, -0.2) is 90.4 Å². The van der Waals surface area contributed by atoms with Crippen molar-refractivity contribution in [3.8, 4) is 0 Å². The molecule has 0 aromatic heterocycles. The molecular weight excluding hydrogens is 713 g/mol. The first-order valence-corrected chi connectivity index (χ1v) is 23.7. The van der Waals surface area contributed by atoms with Gasteiger partial charge in [-0.3, -0.25) is 14.5 Å². The highest BCUT2D eigenvalue weighted by molar-refractivity contribution is 7.91. The standard InChI is InChI=1S/C45H74N2O7S/c1-27(2)29-13-18-45(46-26-33(28(3)48)47-21-23-55(52,53)24-22-47)20-19-43(9)30(37(29)45)11-12-35-42(8)16-15-36(41(6,7)34(42)14-17-44(35,43)10)54-39(51)32-25-31(38(49)50)40(32,4)5/h28-37,46,48H,1,11-26H2,2-10H3,(H,49,50)/t28-,29-,30+,31+,32-,33-,34-,35+,36-,37+,42-,43+,44+,45-/m0/s1. The summed E-state index contributed by atoms with van der Waals surface area (Å²) in [5, 5.41) is 24.8. The van der Waals surface area contributed by atoms with E-state index in [-0.39, 0.29) is 62.7 Å². The highest BCUT2D eigenvalue weighted by atomic mass is 32.2. The lowest BCUT2D eigenvalue weighted by molar-refractivity contribution is -0.248. The fourth-order valence-corrected chi connectivity index (χ4v) is 16.8. The summed E-state index contributed by atoms with van der Waals surface area (Å²) in [4.78, 5) is 27.6. The number of carboxylic acid groups (broad SMARTS) is 1. The molecule has 7 aliphatic rings. The van der Waals surface area contributed by atoms with E-state index < -0.39 is 33.2 Å². The number of sulfone groups is 1. The molecule has 7 fully saturated rings. The Morgan fingerprint density at radius 1 is 0.855 bits per heavy atom. The van der Waals surface area contributed by atoms with Gasteiger partial charge in [-0.25, -0.2) is 8.42 Å². The van der Waals surface area contributed by atoms with E-state index in [1.807, 2.05) is 20.8 Å². The van der Waals surface area contributed by atoms with Crippen molar-refractivity contribution in [3.63, 3.8) is 0 Å². The van der Waals surface area contributed by atoms with Crippen LogP contribution in [0.5, 0.6) is 0 Å². The quantitative estimate of drug-likeness (QED) is 0.165. The van der Waals surface area contributed by atoms with E-state index >= 15 is 0 Å². The fourth-order valence-electron chi connectivity index (χ4n) is 15.6. The van der Waals surface area contributed by atoms with Crippen LogP contribution >= 0.6 is 0 Å². The average molecular weight is 787 g/mol. The molecule has 1 aliphatic heterocycles. The van der Waals surface area contributed by atoms with Crippen molar-refractivity contribution in [3.05, 3.63) is 12.2 Å². The van der Waals surface area contributed by atoms with Gasteiger partial charge in [0.1, 0.15) is 6.10 Å². The SMILES string of the molecule is C=C(C)[C@@H]1CC[C@]2(NC[C@@H]([C@H](C)O)N3CCS(=O)(=O)CC3)CC[C@]3(C)[C@H](CC[C@@H]4[C@@]5(C)CC[C@H](OC(=O)[C@@H]6C[C@H](C(=O)O)C6(C)C)C(C)(C)[C@@H]5CC[C@]43C)[C@@H]12. The number of esters is 1. The molecule has 0 aromatic rings. The molecule has 0 aromatic carbocycles. The molecule has 6 saturated carbocycles. The maximum atomic E-state index is 13.6. The number of aliphatic carboxylic acids is 1. The summed E-state index contributed by atoms with van der Waals surface area (Å²) in [6.07, 6.45) is 10.8. The molecule has 0 unspecified atom stereocenters. The second-order valence-electron chi connectivity index (χ2n) is 22.0. The summed E-state index contributed by atoms with van der Waals surface area (Å²) in [5.41, 5.74) is 1.00. The molecule has 0 bridgehead atoms. The topological polar surface area (TPSA) is 133 Å². The molecule has 9 nitrogen and oxygen atoms in total. The number of carbonyl (C=O) groups is 2. The first-order chi connectivity index (χ1) is 25.5. The minimum Gasteiger partial charge on any atom is -0.481 e. The molecule has 14 atom stereocenters. The van der Waals surface area contributed by atoms with Crippen LogP contribution < -0.4 is 5.32 Å². The minimum absolute atomic E-state index is 0.0174. The zero-order valence-corrected chi connectivity index (χ0v) is 36.4. The summed E-state index contributed by atoms with van der Waals surface area (Å²) in [5.74, 6) is 0.964. The van der Waals surface area contributed by atoms with Gasteiger partial charge in [0.2, 0.25) is 0 Å². The van der Waals surface area contributed by atoms with Gasteiger partial charge in [-0.1, -0.05) is 60.6 Å². The third-order valence-corrected chi connectivity index (χ3v) is 20.8. The van der Waals surface area contributed by atoms with E-state index in [0.29, 0.717) is 55.6 Å². The lowest BCUT2D eigenvalue weighted by Gasteiger charge is -2.73. The van der Waals surface area contributed by atoms with Crippen LogP contribution in [-0.2, 0) is 24.2 Å². The number of carboxylic acids is 1. The zero-order chi connectivity index (χ0) is 40.3. The Morgan fingerprint density at radius 3 is 2.13 bits per heavy atom. The molecule has 1 heterocycles. The Labute approximate surface area is 332 Å². The average Bonchev–Trinajstić information content (AvgIpc) is 3.46. The zero-order valence-electron chi connectivity index (χ0n) is 35.6. The Balaban J connectivity index is 1.10. The van der Waals surface area contributed by atoms with E-state index in [1.54, 1.807) is 0 Å². The van der Waals surface area contributed by atoms with Gasteiger partial charge in [0.25, 0.3) is 0 Å². The fraction of sp³-hybridized carbons (Fsp3) is 0.911. The van der Waals surface area contributed by atoms with E-state index in [1.165, 1.54) is 31.3 Å². The molecule has 0 spiro atoms. The minimum atomic E-state index is -3.00. The summed E-state index contributed by atoms with van der Waals surface area (Å²) in [6.45, 7) is 26.7. The largest absolute Gasteiger partial charge is 0.481 e. The number of allylic oxidation sites excluding steroid dienone is 1. The van der Waals surface area contributed by atoms with Crippen LogP contribution in [0.25, 0.3) is 0 Å². The van der Waals surface area contributed by atoms with Crippen LogP contribution in [0.3, 0.4) is 0 Å². The van der Waals surface area contributed by atoms with Crippen molar-refractivity contribution in [1.29, 1.82) is 0 Å². The smallest absolute Gasteiger partial charge is 0.309 e. The van der Waals surface area contributed by atoms with Crippen molar-refractivity contribution in [1.82, 2.24) is 10.2 Å². The summed E-state index contributed by atoms with van der Waals surface area (Å²) < 4.78 is 30.9. The van der Waals surface area contributed by atoms with Crippen molar-refractivity contribution >= 4 is 21.8 Å². The monoisotopic (exact) mass is 787 g/mol. The molecule has 6 aliphatic carbocycles. The van der Waals surface area contributed by atoms with E-state index in [2.05, 4.69) is 58.3 Å². The maximum Gasteiger partial charge on any atom is 0.309 e. The van der Waals surface area contributed by atoms with Gasteiger partial charge in [0.05, 0.1) is 29.4 Å². The molecule has 3 N–H and O–H groups in total. The Hall–Kier alpha value is -1.49. The number of rotatable bonds is 9. The normalized spacial score (nSPS) is 46.7. The van der Waals surface area contributed by atoms with Crippen LogP contribution in [0.15, 0.2) is 12.2 Å². The number of nitrogens with zero attached hydrogens (tertiary/aromatic N) is 1. The van der Waals surface area contributed by atoms with Crippen molar-refractivity contribution < 1.29 is 33.0 Å². The van der Waals surface area contributed by atoms with Gasteiger partial charge in [0.15, 0.2) is 9.84 Å². The molecule has 0 amide bonds. The number of hydrogen-bond acceptors (Lipinski definition) is 8. The highest BCUT2D eigenvalue weighted by Crippen LogP contribution is 2.76. The van der Waals surface area contributed by atoms with Gasteiger partial charge < -0.3 is 20.3 Å². The van der Waals surface area contributed by atoms with Gasteiger partial charge in [-0.2, -0.15) is 0 Å². The number of hydrogen-bond donors (Lipinski definition) is 3. The third kappa shape index (κ3) is 6.33. The summed E-state index contributed by atoms with van der Waals surface area (Å²) in [7, 11) is -3.00. The van der Waals surface area contributed by atoms with Gasteiger partial charge >= 0.3 is 11.9 Å². The highest BCUT2D eigenvalue weighted by Gasteiger charge is 2.71. The van der Waals surface area contributed by atoms with E-state index in [0.717, 1.165) is 38.5 Å². The van der Waals surface area contributed by atoms with Crippen molar-refractivity contribution in [2.24, 2.45) is 68.5 Å². The molecule has 55 heavy (non-hydrogen) atoms. The second kappa shape index (κ2) is 13.8. The number of aliphatic hydroxyl groups excluding tert-OH is 1. The van der Waals surface area contributed by atoms with Crippen molar-refractivity contribution in [2.75, 3.05) is 31.1 Å². The number of carbonyl (C=O) groups excluding carboxylic acids is 1. The summed E-state index contributed by atoms with van der Waals surface area (Å²) in [6, 6.07) is -0.120. The second-order valence-corrected chi connectivity index (χ2v) is 24.3. The lowest BCUT2D eigenvalue weighted by Crippen LogP contribution is -2.69. The number of ether oxygens (including phenoxy) is 1. The van der Waals surface area contributed by atoms with Gasteiger partial charge in [0, 0.05) is 36.6 Å². The van der Waals surface area contributed by atoms with Crippen molar-refractivity contribution in [2.45, 2.75) is 157 Å². The van der Waals surface area contributed by atoms with Crippen LogP contribution in [0.4, 0.5) is 0 Å². The van der Waals surface area contributed by atoms with E-state index in [4.69, 9.17) is 4.74 Å². The predicted molar refractivity (Wildman–Crippen MR) is 216 cm³/mol.